The molecule has 0 saturated carbocycles. The van der Waals surface area contributed by atoms with Gasteiger partial charge in [-0.1, -0.05) is 71.8 Å². The quantitative estimate of drug-likeness (QED) is 0.428. The lowest BCUT2D eigenvalue weighted by molar-refractivity contribution is 0.284. The molecule has 0 aromatic heterocycles. The molecule has 6 heteroatoms. The summed E-state index contributed by atoms with van der Waals surface area (Å²) in [5.41, 5.74) is 3.85. The maximum Gasteiger partial charge on any atom is 0.171 e. The number of thiocarbonyl (C=S) groups is 1. The van der Waals surface area contributed by atoms with E-state index in [0.29, 0.717) is 38.6 Å². The first-order chi connectivity index (χ1) is 14.0. The van der Waals surface area contributed by atoms with Gasteiger partial charge in [0, 0.05) is 22.2 Å². The summed E-state index contributed by atoms with van der Waals surface area (Å²) in [6.07, 6.45) is 0. The Balaban J connectivity index is 1.82. The van der Waals surface area contributed by atoms with E-state index >= 15 is 0 Å². The summed E-state index contributed by atoms with van der Waals surface area (Å²) in [5, 5.41) is 4.41. The molecule has 1 N–H and O–H groups in total. The van der Waals surface area contributed by atoms with Crippen LogP contribution in [0.25, 0.3) is 0 Å². The second-order valence-corrected chi connectivity index (χ2v) is 7.66. The highest BCUT2D eigenvalue weighted by Crippen LogP contribution is 2.34. The van der Waals surface area contributed by atoms with Gasteiger partial charge in [-0.05, 0) is 42.3 Å². The van der Waals surface area contributed by atoms with Gasteiger partial charge in [-0.25, -0.2) is 0 Å². The van der Waals surface area contributed by atoms with E-state index in [0.717, 1.165) is 5.56 Å². The lowest BCUT2D eigenvalue weighted by Gasteiger charge is -2.17. The van der Waals surface area contributed by atoms with E-state index in [-0.39, 0.29) is 6.61 Å². The SMILES string of the molecule is COc1cccc(C(=S)NCc2ccccc2C)c1OCc1c(Cl)cccc1Cl. The van der Waals surface area contributed by atoms with Crippen LogP contribution in [0.4, 0.5) is 0 Å². The molecule has 3 aromatic carbocycles. The van der Waals surface area contributed by atoms with Crippen molar-refractivity contribution in [3.8, 4) is 11.5 Å². The topological polar surface area (TPSA) is 30.5 Å². The molecular formula is C23H21Cl2NO2S. The van der Waals surface area contributed by atoms with Gasteiger partial charge in [0.2, 0.25) is 0 Å². The second kappa shape index (κ2) is 9.97. The van der Waals surface area contributed by atoms with Crippen molar-refractivity contribution in [3.63, 3.8) is 0 Å². The zero-order chi connectivity index (χ0) is 20.8. The predicted molar refractivity (Wildman–Crippen MR) is 124 cm³/mol. The van der Waals surface area contributed by atoms with Crippen molar-refractivity contribution in [2.24, 2.45) is 0 Å². The molecule has 0 aliphatic rings. The number of ether oxygens (including phenoxy) is 2. The van der Waals surface area contributed by atoms with Gasteiger partial charge in [-0.3, -0.25) is 0 Å². The molecule has 0 atom stereocenters. The fourth-order valence-electron chi connectivity index (χ4n) is 2.90. The first-order valence-corrected chi connectivity index (χ1v) is 10.2. The van der Waals surface area contributed by atoms with Crippen molar-refractivity contribution in [1.29, 1.82) is 0 Å². The van der Waals surface area contributed by atoms with Gasteiger partial charge in [0.05, 0.1) is 12.7 Å². The van der Waals surface area contributed by atoms with Crippen LogP contribution >= 0.6 is 35.4 Å². The number of nitrogens with one attached hydrogen (secondary N) is 1. The zero-order valence-electron chi connectivity index (χ0n) is 16.2. The molecule has 0 saturated heterocycles. The lowest BCUT2D eigenvalue weighted by atomic mass is 10.1. The van der Waals surface area contributed by atoms with Gasteiger partial charge < -0.3 is 14.8 Å². The van der Waals surface area contributed by atoms with Gasteiger partial charge in [0.25, 0.3) is 0 Å². The van der Waals surface area contributed by atoms with E-state index in [1.807, 2.05) is 30.3 Å². The number of benzene rings is 3. The number of hydrogen-bond donors (Lipinski definition) is 1. The van der Waals surface area contributed by atoms with Crippen molar-refractivity contribution in [2.45, 2.75) is 20.1 Å². The lowest BCUT2D eigenvalue weighted by Crippen LogP contribution is -2.23. The first kappa shape index (κ1) is 21.4. The predicted octanol–water partition coefficient (Wildman–Crippen LogP) is 6.35. The summed E-state index contributed by atoms with van der Waals surface area (Å²) < 4.78 is 11.6. The third kappa shape index (κ3) is 5.21. The van der Waals surface area contributed by atoms with Crippen molar-refractivity contribution < 1.29 is 9.47 Å². The minimum atomic E-state index is 0.201. The Morgan fingerprint density at radius 1 is 0.966 bits per heavy atom. The maximum absolute atomic E-state index is 6.27. The van der Waals surface area contributed by atoms with Gasteiger partial charge in [-0.2, -0.15) is 0 Å². The third-order valence-electron chi connectivity index (χ3n) is 4.57. The number of hydrogen-bond acceptors (Lipinski definition) is 3. The van der Waals surface area contributed by atoms with Crippen LogP contribution in [0.2, 0.25) is 10.0 Å². The molecule has 29 heavy (non-hydrogen) atoms. The molecule has 0 fully saturated rings. The van der Waals surface area contributed by atoms with Crippen LogP contribution in [0.3, 0.4) is 0 Å². The number of methoxy groups -OCH3 is 1. The normalized spacial score (nSPS) is 10.5. The molecule has 0 unspecified atom stereocenters. The molecule has 3 rings (SSSR count). The molecule has 0 radical (unpaired) electrons. The molecule has 3 aromatic rings. The highest BCUT2D eigenvalue weighted by atomic mass is 35.5. The van der Waals surface area contributed by atoms with Crippen molar-refractivity contribution in [1.82, 2.24) is 5.32 Å². The van der Waals surface area contributed by atoms with E-state index < -0.39 is 0 Å². The standard InChI is InChI=1S/C23H21Cl2NO2S/c1-15-7-3-4-8-16(15)13-26-23(29)17-9-5-12-21(27-2)22(17)28-14-18-19(24)10-6-11-20(18)25/h3-12H,13-14H2,1-2H3,(H,26,29). The Morgan fingerprint density at radius 2 is 1.66 bits per heavy atom. The first-order valence-electron chi connectivity index (χ1n) is 9.06. The van der Waals surface area contributed by atoms with Crippen LogP contribution in [0.5, 0.6) is 11.5 Å². The Bertz CT molecular complexity index is 1000. The summed E-state index contributed by atoms with van der Waals surface area (Å²) >= 11 is 18.2. The smallest absolute Gasteiger partial charge is 0.171 e. The molecule has 3 nitrogen and oxygen atoms in total. The Morgan fingerprint density at radius 3 is 2.34 bits per heavy atom. The molecule has 0 amide bonds. The van der Waals surface area contributed by atoms with Crippen LogP contribution in [-0.4, -0.2) is 12.1 Å². The average molecular weight is 446 g/mol. The van der Waals surface area contributed by atoms with Crippen LogP contribution in [0, 0.1) is 6.92 Å². The van der Waals surface area contributed by atoms with Crippen molar-refractivity contribution in [2.75, 3.05) is 7.11 Å². The minimum Gasteiger partial charge on any atom is -0.493 e. The van der Waals surface area contributed by atoms with Crippen LogP contribution in [0.15, 0.2) is 60.7 Å². The summed E-state index contributed by atoms with van der Waals surface area (Å²) in [6.45, 7) is 2.90. The summed E-state index contributed by atoms with van der Waals surface area (Å²) in [7, 11) is 1.60. The van der Waals surface area contributed by atoms with Gasteiger partial charge >= 0.3 is 0 Å². The summed E-state index contributed by atoms with van der Waals surface area (Å²) in [6, 6.07) is 19.2. The van der Waals surface area contributed by atoms with Gasteiger partial charge in [0.15, 0.2) is 11.5 Å². The number of rotatable bonds is 7. The number of para-hydroxylation sites is 1. The van der Waals surface area contributed by atoms with Crippen molar-refractivity contribution >= 4 is 40.4 Å². The number of halogens is 2. The average Bonchev–Trinajstić information content (AvgIpc) is 2.72. The van der Waals surface area contributed by atoms with Crippen LogP contribution < -0.4 is 14.8 Å². The van der Waals surface area contributed by atoms with Crippen LogP contribution in [-0.2, 0) is 13.2 Å². The Labute approximate surface area is 186 Å². The maximum atomic E-state index is 6.27. The van der Waals surface area contributed by atoms with E-state index in [1.165, 1.54) is 11.1 Å². The number of aryl methyl sites for hydroxylation is 1. The van der Waals surface area contributed by atoms with Gasteiger partial charge in [0.1, 0.15) is 11.6 Å². The largest absolute Gasteiger partial charge is 0.493 e. The highest BCUT2D eigenvalue weighted by Gasteiger charge is 2.16. The third-order valence-corrected chi connectivity index (χ3v) is 5.64. The molecule has 150 valence electrons. The van der Waals surface area contributed by atoms with E-state index in [1.54, 1.807) is 25.3 Å². The molecule has 0 aliphatic heterocycles. The molecule has 0 aliphatic carbocycles. The Hall–Kier alpha value is -2.27. The molecule has 0 heterocycles. The molecule has 0 bridgehead atoms. The van der Waals surface area contributed by atoms with Crippen LogP contribution in [0.1, 0.15) is 22.3 Å². The zero-order valence-corrected chi connectivity index (χ0v) is 18.5. The van der Waals surface area contributed by atoms with Crippen molar-refractivity contribution in [3.05, 3.63) is 93.0 Å². The summed E-state index contributed by atoms with van der Waals surface area (Å²) in [5.74, 6) is 1.14. The fourth-order valence-corrected chi connectivity index (χ4v) is 3.64. The Kier molecular flexibility index (Phi) is 7.37. The fraction of sp³-hybridized carbons (Fsp3) is 0.174. The van der Waals surface area contributed by atoms with Gasteiger partial charge in [-0.15, -0.1) is 0 Å². The van der Waals surface area contributed by atoms with E-state index in [4.69, 9.17) is 44.9 Å². The summed E-state index contributed by atoms with van der Waals surface area (Å²) in [4.78, 5) is 0.576. The monoisotopic (exact) mass is 445 g/mol. The highest BCUT2D eigenvalue weighted by molar-refractivity contribution is 7.80. The molecule has 0 spiro atoms. The van der Waals surface area contributed by atoms with E-state index in [2.05, 4.69) is 24.4 Å². The van der Waals surface area contributed by atoms with E-state index in [9.17, 15) is 0 Å². The second-order valence-electron chi connectivity index (χ2n) is 6.44. The minimum absolute atomic E-state index is 0.201. The molecular weight excluding hydrogens is 425 g/mol.